The molecule has 4 heteroatoms. The number of rotatable bonds is 26. The van der Waals surface area contributed by atoms with Gasteiger partial charge in [-0.2, -0.15) is 5.26 Å². The fraction of sp³-hybridized carbons (Fsp3) is 0.833. The van der Waals surface area contributed by atoms with Gasteiger partial charge in [-0.3, -0.25) is 0 Å². The van der Waals surface area contributed by atoms with E-state index in [1.165, 1.54) is 109 Å². The van der Waals surface area contributed by atoms with Crippen molar-refractivity contribution in [3.05, 3.63) is 23.9 Å². The summed E-state index contributed by atoms with van der Waals surface area (Å²) < 4.78 is 0. The summed E-state index contributed by atoms with van der Waals surface area (Å²) in [5.41, 5.74) is 0.596. The summed E-state index contributed by atoms with van der Waals surface area (Å²) in [6.07, 6.45) is 29.2. The van der Waals surface area contributed by atoms with Gasteiger partial charge < -0.3 is 4.90 Å². The molecular formula is C30H56N2O2. The zero-order chi connectivity index (χ0) is 25.0. The summed E-state index contributed by atoms with van der Waals surface area (Å²) in [5.74, 6) is 0. The van der Waals surface area contributed by atoms with Crippen molar-refractivity contribution in [1.29, 1.82) is 5.26 Å². The zero-order valence-electron chi connectivity index (χ0n) is 23.0. The smallest absolute Gasteiger partial charge is 0.117 e. The molecule has 0 bridgehead atoms. The van der Waals surface area contributed by atoms with Gasteiger partial charge in [-0.1, -0.05) is 117 Å². The molecule has 0 N–H and O–H groups in total. The second-order valence-electron chi connectivity index (χ2n) is 9.57. The standard InChI is InChI=1S/C30H56N2O2/c1-4-7-10-13-16-19-24-32(25-20-17-14-11-8-5-2)26-22-23-30(28-31)29-34-33-27-21-18-15-12-9-6-3/h22-23,26H,4-21,24-25,27,29H2,1-3H3/b26-22+,30-23-. The molecule has 0 amide bonds. The van der Waals surface area contributed by atoms with Gasteiger partial charge in [0.15, 0.2) is 0 Å². The van der Waals surface area contributed by atoms with Crippen LogP contribution >= 0.6 is 0 Å². The first-order chi connectivity index (χ1) is 16.8. The Labute approximate surface area is 212 Å². The monoisotopic (exact) mass is 476 g/mol. The van der Waals surface area contributed by atoms with E-state index in [2.05, 4.69) is 37.9 Å². The molecule has 0 saturated carbocycles. The molecule has 0 rings (SSSR count). The van der Waals surface area contributed by atoms with Crippen molar-refractivity contribution in [2.75, 3.05) is 26.3 Å². The third-order valence-electron chi connectivity index (χ3n) is 6.21. The average Bonchev–Trinajstić information content (AvgIpc) is 2.85. The number of unbranched alkanes of at least 4 members (excludes halogenated alkanes) is 15. The second kappa shape index (κ2) is 27.9. The Morgan fingerprint density at radius 1 is 0.647 bits per heavy atom. The minimum Gasteiger partial charge on any atom is -0.377 e. The Morgan fingerprint density at radius 3 is 1.62 bits per heavy atom. The Kier molecular flexibility index (Phi) is 26.9. The molecule has 34 heavy (non-hydrogen) atoms. The lowest BCUT2D eigenvalue weighted by Crippen LogP contribution is -2.20. The normalized spacial score (nSPS) is 11.9. The summed E-state index contributed by atoms with van der Waals surface area (Å²) in [6.45, 7) is 9.79. The van der Waals surface area contributed by atoms with Gasteiger partial charge in [0, 0.05) is 13.1 Å². The van der Waals surface area contributed by atoms with E-state index in [0.717, 1.165) is 19.5 Å². The van der Waals surface area contributed by atoms with E-state index < -0.39 is 0 Å². The first kappa shape index (κ1) is 32.7. The van der Waals surface area contributed by atoms with E-state index in [0.29, 0.717) is 12.2 Å². The molecule has 0 spiro atoms. The summed E-state index contributed by atoms with van der Waals surface area (Å²) in [6, 6.07) is 2.23. The van der Waals surface area contributed by atoms with Crippen molar-refractivity contribution < 1.29 is 9.78 Å². The quantitative estimate of drug-likeness (QED) is 0.0410. The Morgan fingerprint density at radius 2 is 1.12 bits per heavy atom. The number of nitriles is 1. The lowest BCUT2D eigenvalue weighted by Gasteiger charge is -2.20. The molecule has 0 heterocycles. The zero-order valence-corrected chi connectivity index (χ0v) is 23.0. The number of allylic oxidation sites excluding steroid dienone is 2. The Balaban J connectivity index is 4.29. The SMILES string of the molecule is CCCCCCCCOOC/C(C#N)=C\C=C\N(CCCCCCCC)CCCCCCCC. The van der Waals surface area contributed by atoms with Crippen molar-refractivity contribution in [3.8, 4) is 6.07 Å². The summed E-state index contributed by atoms with van der Waals surface area (Å²) in [7, 11) is 0. The van der Waals surface area contributed by atoms with E-state index >= 15 is 0 Å². The summed E-state index contributed by atoms with van der Waals surface area (Å²) in [4.78, 5) is 12.9. The van der Waals surface area contributed by atoms with Crippen LogP contribution in [0.1, 0.15) is 136 Å². The minimum absolute atomic E-state index is 0.214. The van der Waals surface area contributed by atoms with Crippen molar-refractivity contribution in [2.45, 2.75) is 136 Å². The lowest BCUT2D eigenvalue weighted by molar-refractivity contribution is -0.287. The molecule has 0 saturated heterocycles. The van der Waals surface area contributed by atoms with Crippen LogP contribution in [0.4, 0.5) is 0 Å². The molecule has 198 valence electrons. The molecule has 0 radical (unpaired) electrons. The molecular weight excluding hydrogens is 420 g/mol. The molecule has 0 atom stereocenters. The molecule has 0 aromatic carbocycles. The maximum atomic E-state index is 9.40. The second-order valence-corrected chi connectivity index (χ2v) is 9.57. The fourth-order valence-corrected chi connectivity index (χ4v) is 3.96. The van der Waals surface area contributed by atoms with Gasteiger partial charge in [-0.25, -0.2) is 9.78 Å². The molecule has 0 aliphatic rings. The van der Waals surface area contributed by atoms with Gasteiger partial charge in [0.25, 0.3) is 0 Å². The Hall–Kier alpha value is -1.31. The third kappa shape index (κ3) is 23.8. The Bertz CT molecular complexity index is 494. The van der Waals surface area contributed by atoms with Crippen molar-refractivity contribution >= 4 is 0 Å². The predicted octanol–water partition coefficient (Wildman–Crippen LogP) is 9.28. The van der Waals surface area contributed by atoms with Crippen LogP contribution < -0.4 is 0 Å². The van der Waals surface area contributed by atoms with Crippen LogP contribution in [0.15, 0.2) is 23.9 Å². The minimum atomic E-state index is 0.214. The van der Waals surface area contributed by atoms with Crippen LogP contribution in [0.5, 0.6) is 0 Å². The maximum Gasteiger partial charge on any atom is 0.117 e. The highest BCUT2D eigenvalue weighted by atomic mass is 17.2. The van der Waals surface area contributed by atoms with Crippen LogP contribution in [0.2, 0.25) is 0 Å². The van der Waals surface area contributed by atoms with Gasteiger partial charge in [-0.05, 0) is 37.6 Å². The molecule has 4 nitrogen and oxygen atoms in total. The fourth-order valence-electron chi connectivity index (χ4n) is 3.96. The van der Waals surface area contributed by atoms with Gasteiger partial charge in [0.05, 0.1) is 18.2 Å². The van der Waals surface area contributed by atoms with E-state index in [9.17, 15) is 5.26 Å². The third-order valence-corrected chi connectivity index (χ3v) is 6.21. The van der Waals surface area contributed by atoms with Crippen LogP contribution in [-0.2, 0) is 9.78 Å². The summed E-state index contributed by atoms with van der Waals surface area (Å²) >= 11 is 0. The first-order valence-electron chi connectivity index (χ1n) is 14.5. The van der Waals surface area contributed by atoms with Crippen molar-refractivity contribution in [3.63, 3.8) is 0 Å². The largest absolute Gasteiger partial charge is 0.377 e. The molecule has 0 unspecified atom stereocenters. The van der Waals surface area contributed by atoms with Crippen LogP contribution in [0.3, 0.4) is 0 Å². The van der Waals surface area contributed by atoms with Gasteiger partial charge in [0.2, 0.25) is 0 Å². The highest BCUT2D eigenvalue weighted by molar-refractivity contribution is 5.25. The van der Waals surface area contributed by atoms with E-state index in [1.807, 2.05) is 12.2 Å². The van der Waals surface area contributed by atoms with Crippen molar-refractivity contribution in [1.82, 2.24) is 4.90 Å². The topological polar surface area (TPSA) is 45.5 Å². The molecule has 0 aromatic rings. The van der Waals surface area contributed by atoms with E-state index in [-0.39, 0.29) is 6.61 Å². The molecule has 0 aliphatic heterocycles. The molecule has 0 aliphatic carbocycles. The van der Waals surface area contributed by atoms with Crippen LogP contribution in [-0.4, -0.2) is 31.2 Å². The van der Waals surface area contributed by atoms with Gasteiger partial charge in [-0.15, -0.1) is 0 Å². The number of nitrogens with zero attached hydrogens (tertiary/aromatic N) is 2. The molecule has 0 aromatic heterocycles. The van der Waals surface area contributed by atoms with Crippen LogP contribution in [0, 0.1) is 11.3 Å². The highest BCUT2D eigenvalue weighted by Crippen LogP contribution is 2.10. The van der Waals surface area contributed by atoms with Gasteiger partial charge in [0.1, 0.15) is 6.61 Å². The number of hydrogen-bond donors (Lipinski definition) is 0. The van der Waals surface area contributed by atoms with Crippen LogP contribution in [0.25, 0.3) is 0 Å². The number of hydrogen-bond acceptors (Lipinski definition) is 4. The highest BCUT2D eigenvalue weighted by Gasteiger charge is 2.01. The van der Waals surface area contributed by atoms with Gasteiger partial charge >= 0.3 is 0 Å². The lowest BCUT2D eigenvalue weighted by atomic mass is 10.1. The predicted molar refractivity (Wildman–Crippen MR) is 146 cm³/mol. The summed E-state index contributed by atoms with van der Waals surface area (Å²) in [5, 5.41) is 9.40. The average molecular weight is 477 g/mol. The molecule has 0 fully saturated rings. The van der Waals surface area contributed by atoms with E-state index in [1.54, 1.807) is 0 Å². The van der Waals surface area contributed by atoms with E-state index in [4.69, 9.17) is 9.78 Å². The van der Waals surface area contributed by atoms with Crippen molar-refractivity contribution in [2.24, 2.45) is 0 Å². The first-order valence-corrected chi connectivity index (χ1v) is 14.5. The maximum absolute atomic E-state index is 9.40.